The Kier molecular flexibility index (Phi) is 8.69. The van der Waals surface area contributed by atoms with E-state index in [-0.39, 0.29) is 40.0 Å². The van der Waals surface area contributed by atoms with Gasteiger partial charge in [0.2, 0.25) is 5.95 Å². The lowest BCUT2D eigenvalue weighted by atomic mass is 9.70. The number of carbonyl (C=O) groups is 1. The number of benzene rings is 2. The lowest BCUT2D eigenvalue weighted by molar-refractivity contribution is -0.274. The number of alkyl halides is 6. The number of fused-ring (bicyclic) bond motifs is 1. The molecule has 2 aromatic heterocycles. The summed E-state index contributed by atoms with van der Waals surface area (Å²) in [4.78, 5) is 21.6. The van der Waals surface area contributed by atoms with Crippen molar-refractivity contribution in [1.82, 2.24) is 19.9 Å². The molecule has 4 aromatic rings. The number of carbonyl (C=O) groups excluding carboxylic acids is 1. The van der Waals surface area contributed by atoms with E-state index in [4.69, 9.17) is 16.6 Å². The third-order valence-corrected chi connectivity index (χ3v) is 8.01. The third kappa shape index (κ3) is 7.81. The average Bonchev–Trinajstić information content (AvgIpc) is 3.28. The number of imidazole rings is 1. The fourth-order valence-electron chi connectivity index (χ4n) is 6.08. The molecule has 14 heteroatoms. The van der Waals surface area contributed by atoms with Crippen LogP contribution in [-0.4, -0.2) is 26.8 Å². The molecule has 2 unspecified atom stereocenters. The Hall–Kier alpha value is -4.00. The smallest absolute Gasteiger partial charge is 0.406 e. The first-order valence-electron chi connectivity index (χ1n) is 14.1. The minimum absolute atomic E-state index is 0.0525. The summed E-state index contributed by atoms with van der Waals surface area (Å²) in [7, 11) is 0. The summed E-state index contributed by atoms with van der Waals surface area (Å²) in [5.74, 6) is 0.0282. The van der Waals surface area contributed by atoms with Gasteiger partial charge in [0.05, 0.1) is 33.9 Å². The molecule has 5 rings (SSSR count). The number of amides is 1. The van der Waals surface area contributed by atoms with Crippen LogP contribution < -0.4 is 15.4 Å². The standard InChI is InChI=1S/C31H30ClF6N5O2/c1-17-10-21(14-29(2,3)13-17)43-26-9-4-18(27(44)40-16-25-23(32)12-19(15-39-25)30(33,34)35)11-24(26)42-28(43)41-20-5-7-22(8-6-20)45-31(36,37)38/h4-9,11-12,15,17,21H,10,13-14,16H2,1-3H3,(H,40,44)(H,41,42). The van der Waals surface area contributed by atoms with Crippen molar-refractivity contribution in [3.63, 3.8) is 0 Å². The highest BCUT2D eigenvalue weighted by molar-refractivity contribution is 6.31. The fourth-order valence-corrected chi connectivity index (χ4v) is 6.31. The van der Waals surface area contributed by atoms with Gasteiger partial charge in [0, 0.05) is 23.5 Å². The molecule has 1 amide bonds. The normalized spacial score (nSPS) is 18.5. The molecule has 45 heavy (non-hydrogen) atoms. The maximum absolute atomic E-state index is 13.0. The van der Waals surface area contributed by atoms with E-state index in [1.165, 1.54) is 24.3 Å². The lowest BCUT2D eigenvalue weighted by Crippen LogP contribution is -2.29. The molecular formula is C31H30ClF6N5O2. The minimum Gasteiger partial charge on any atom is -0.406 e. The van der Waals surface area contributed by atoms with Crippen LogP contribution in [0.3, 0.4) is 0 Å². The predicted octanol–water partition coefficient (Wildman–Crippen LogP) is 9.06. The molecule has 1 aliphatic rings. The molecule has 2 N–H and O–H groups in total. The molecule has 2 aromatic carbocycles. The van der Waals surface area contributed by atoms with E-state index in [0.717, 1.165) is 30.8 Å². The summed E-state index contributed by atoms with van der Waals surface area (Å²) >= 11 is 5.98. The van der Waals surface area contributed by atoms with Gasteiger partial charge >= 0.3 is 12.5 Å². The van der Waals surface area contributed by atoms with Crippen LogP contribution in [0.15, 0.2) is 54.7 Å². The summed E-state index contributed by atoms with van der Waals surface area (Å²) in [6.07, 6.45) is -5.95. The van der Waals surface area contributed by atoms with Gasteiger partial charge in [0.25, 0.3) is 5.91 Å². The van der Waals surface area contributed by atoms with Crippen LogP contribution in [0.4, 0.5) is 38.0 Å². The van der Waals surface area contributed by atoms with Gasteiger partial charge in [0.15, 0.2) is 0 Å². The second-order valence-electron chi connectivity index (χ2n) is 12.1. The van der Waals surface area contributed by atoms with Crippen LogP contribution in [-0.2, 0) is 12.7 Å². The van der Waals surface area contributed by atoms with Crippen molar-refractivity contribution in [1.29, 1.82) is 0 Å². The number of aromatic nitrogens is 3. The Morgan fingerprint density at radius 1 is 1.07 bits per heavy atom. The number of nitrogens with one attached hydrogen (secondary N) is 2. The number of pyridine rings is 1. The molecule has 0 aliphatic heterocycles. The topological polar surface area (TPSA) is 81.1 Å². The predicted molar refractivity (Wildman–Crippen MR) is 157 cm³/mol. The molecule has 0 spiro atoms. The monoisotopic (exact) mass is 653 g/mol. The first kappa shape index (κ1) is 32.4. The van der Waals surface area contributed by atoms with Gasteiger partial charge in [-0.25, -0.2) is 4.98 Å². The molecule has 0 bridgehead atoms. The van der Waals surface area contributed by atoms with E-state index in [0.29, 0.717) is 29.3 Å². The maximum Gasteiger partial charge on any atom is 0.573 e. The number of nitrogens with zero attached hydrogens (tertiary/aromatic N) is 3. The third-order valence-electron chi connectivity index (χ3n) is 7.69. The van der Waals surface area contributed by atoms with Crippen LogP contribution in [0.2, 0.25) is 5.02 Å². The molecule has 0 radical (unpaired) electrons. The molecule has 2 atom stereocenters. The quantitative estimate of drug-likeness (QED) is 0.195. The maximum atomic E-state index is 13.0. The number of halogens is 7. The number of anilines is 2. The van der Waals surface area contributed by atoms with Gasteiger partial charge in [-0.05, 0) is 79.1 Å². The summed E-state index contributed by atoms with van der Waals surface area (Å²) in [6.45, 7) is 6.42. The Labute approximate surface area is 259 Å². The van der Waals surface area contributed by atoms with Crippen molar-refractivity contribution in [2.75, 3.05) is 5.32 Å². The van der Waals surface area contributed by atoms with E-state index >= 15 is 0 Å². The molecular weight excluding hydrogens is 624 g/mol. The Balaban J connectivity index is 1.42. The zero-order valence-electron chi connectivity index (χ0n) is 24.5. The number of hydrogen-bond acceptors (Lipinski definition) is 5. The van der Waals surface area contributed by atoms with Gasteiger partial charge < -0.3 is 19.9 Å². The van der Waals surface area contributed by atoms with Crippen molar-refractivity contribution in [3.05, 3.63) is 76.6 Å². The molecule has 1 fully saturated rings. The van der Waals surface area contributed by atoms with Crippen LogP contribution in [0.25, 0.3) is 11.0 Å². The summed E-state index contributed by atoms with van der Waals surface area (Å²) in [5, 5.41) is 5.63. The highest BCUT2D eigenvalue weighted by atomic mass is 35.5. The minimum atomic E-state index is -4.81. The number of ether oxygens (including phenoxy) is 1. The zero-order valence-corrected chi connectivity index (χ0v) is 25.2. The molecule has 7 nitrogen and oxygen atoms in total. The van der Waals surface area contributed by atoms with E-state index in [1.54, 1.807) is 18.2 Å². The van der Waals surface area contributed by atoms with Crippen molar-refractivity contribution < 1.29 is 35.9 Å². The second-order valence-corrected chi connectivity index (χ2v) is 12.5. The first-order chi connectivity index (χ1) is 21.0. The Morgan fingerprint density at radius 2 is 1.78 bits per heavy atom. The number of hydrogen-bond donors (Lipinski definition) is 2. The average molecular weight is 654 g/mol. The fraction of sp³-hybridized carbons (Fsp3) is 0.387. The first-order valence-corrected chi connectivity index (χ1v) is 14.5. The van der Waals surface area contributed by atoms with E-state index in [9.17, 15) is 31.1 Å². The van der Waals surface area contributed by atoms with Crippen molar-refractivity contribution in [3.8, 4) is 5.75 Å². The summed E-state index contributed by atoms with van der Waals surface area (Å²) < 4.78 is 82.7. The number of rotatable bonds is 7. The van der Waals surface area contributed by atoms with Crippen molar-refractivity contribution in [2.45, 2.75) is 65.2 Å². The highest BCUT2D eigenvalue weighted by Crippen LogP contribution is 2.46. The van der Waals surface area contributed by atoms with E-state index in [2.05, 4.69) is 45.7 Å². The van der Waals surface area contributed by atoms with Gasteiger partial charge in [0.1, 0.15) is 5.75 Å². The van der Waals surface area contributed by atoms with Gasteiger partial charge in [-0.3, -0.25) is 9.78 Å². The van der Waals surface area contributed by atoms with Crippen LogP contribution >= 0.6 is 11.6 Å². The largest absolute Gasteiger partial charge is 0.573 e. The van der Waals surface area contributed by atoms with Crippen LogP contribution in [0.1, 0.15) is 67.7 Å². The Morgan fingerprint density at radius 3 is 2.40 bits per heavy atom. The summed E-state index contributed by atoms with van der Waals surface area (Å²) in [6, 6.07) is 11.1. The zero-order chi connectivity index (χ0) is 32.7. The highest BCUT2D eigenvalue weighted by Gasteiger charge is 2.35. The Bertz CT molecular complexity index is 1700. The molecule has 240 valence electrons. The lowest BCUT2D eigenvalue weighted by Gasteiger charge is -2.40. The molecule has 0 saturated heterocycles. The molecule has 1 saturated carbocycles. The second kappa shape index (κ2) is 12.1. The van der Waals surface area contributed by atoms with Crippen molar-refractivity contribution in [2.24, 2.45) is 11.3 Å². The van der Waals surface area contributed by atoms with Gasteiger partial charge in [-0.2, -0.15) is 13.2 Å². The molecule has 1 aliphatic carbocycles. The molecule has 2 heterocycles. The van der Waals surface area contributed by atoms with Gasteiger partial charge in [-0.1, -0.05) is 32.4 Å². The van der Waals surface area contributed by atoms with E-state index < -0.39 is 24.0 Å². The van der Waals surface area contributed by atoms with Crippen LogP contribution in [0, 0.1) is 11.3 Å². The SMILES string of the molecule is CC1CC(n2c(Nc3ccc(OC(F)(F)F)cc3)nc3cc(C(=O)NCc4ncc(C(F)(F)F)cc4Cl)ccc32)CC(C)(C)C1. The van der Waals surface area contributed by atoms with E-state index in [1.807, 2.05) is 0 Å². The summed E-state index contributed by atoms with van der Waals surface area (Å²) in [5.41, 5.74) is 1.15. The van der Waals surface area contributed by atoms with Crippen LogP contribution in [0.5, 0.6) is 5.75 Å². The van der Waals surface area contributed by atoms with Gasteiger partial charge in [-0.15, -0.1) is 13.2 Å². The van der Waals surface area contributed by atoms with Crippen molar-refractivity contribution >= 4 is 40.2 Å².